The van der Waals surface area contributed by atoms with Crippen molar-refractivity contribution in [2.24, 2.45) is 0 Å². The van der Waals surface area contributed by atoms with Crippen LogP contribution in [0.2, 0.25) is 0 Å². The second-order valence-corrected chi connectivity index (χ2v) is 8.85. The first-order valence-corrected chi connectivity index (χ1v) is 11.6. The molecule has 2 aromatic heterocycles. The highest BCUT2D eigenvalue weighted by Crippen LogP contribution is 2.36. The lowest BCUT2D eigenvalue weighted by molar-refractivity contribution is 0.472. The summed E-state index contributed by atoms with van der Waals surface area (Å²) in [5, 5.41) is 12.6. The van der Waals surface area contributed by atoms with Gasteiger partial charge in [-0.3, -0.25) is 4.57 Å². The van der Waals surface area contributed by atoms with Crippen molar-refractivity contribution >= 4 is 44.4 Å². The third-order valence-electron chi connectivity index (χ3n) is 5.63. The molecule has 0 bridgehead atoms. The minimum atomic E-state index is 0.229. The van der Waals surface area contributed by atoms with Crippen LogP contribution in [0, 0.1) is 3.57 Å². The molecule has 33 heavy (non-hydrogen) atoms. The lowest BCUT2D eigenvalue weighted by Crippen LogP contribution is -2.06. The molecule has 0 radical (unpaired) electrons. The van der Waals surface area contributed by atoms with Gasteiger partial charge >= 0.3 is 0 Å². The third-order valence-corrected chi connectivity index (χ3v) is 6.49. The molecule has 2 heterocycles. The van der Waals surface area contributed by atoms with Crippen molar-refractivity contribution in [2.45, 2.75) is 0 Å². The Labute approximate surface area is 203 Å². The number of halogens is 1. The first-order valence-electron chi connectivity index (χ1n) is 10.5. The van der Waals surface area contributed by atoms with E-state index in [-0.39, 0.29) is 5.75 Å². The summed E-state index contributed by atoms with van der Waals surface area (Å²) in [7, 11) is 0. The first-order chi connectivity index (χ1) is 16.2. The van der Waals surface area contributed by atoms with Crippen LogP contribution in [-0.2, 0) is 0 Å². The van der Waals surface area contributed by atoms with Crippen molar-refractivity contribution < 1.29 is 5.11 Å². The number of para-hydroxylation sites is 1. The molecule has 158 valence electrons. The number of hydrogen-bond acceptors (Lipinski definition) is 4. The first kappa shape index (κ1) is 19.9. The number of benzene rings is 4. The van der Waals surface area contributed by atoms with Crippen molar-refractivity contribution in [3.05, 3.63) is 101 Å². The zero-order chi connectivity index (χ0) is 22.4. The molecule has 0 fully saturated rings. The summed E-state index contributed by atoms with van der Waals surface area (Å²) in [5.41, 5.74) is 3.64. The van der Waals surface area contributed by atoms with Gasteiger partial charge in [0, 0.05) is 28.0 Å². The maximum atomic E-state index is 10.5. The van der Waals surface area contributed by atoms with Gasteiger partial charge in [-0.05, 0) is 34.7 Å². The molecule has 0 spiro atoms. The zero-order valence-electron chi connectivity index (χ0n) is 17.4. The van der Waals surface area contributed by atoms with Gasteiger partial charge in [0.1, 0.15) is 5.75 Å². The van der Waals surface area contributed by atoms with E-state index in [1.165, 1.54) is 0 Å². The van der Waals surface area contributed by atoms with Crippen LogP contribution in [0.4, 0.5) is 0 Å². The minimum absolute atomic E-state index is 0.229. The summed E-state index contributed by atoms with van der Waals surface area (Å²) in [6, 6.07) is 31.8. The monoisotopic (exact) mass is 540 g/mol. The molecule has 4 aromatic carbocycles. The van der Waals surface area contributed by atoms with Crippen LogP contribution in [0.25, 0.3) is 50.5 Å². The number of nitrogens with zero attached hydrogens (tertiary/aromatic N) is 4. The third kappa shape index (κ3) is 3.43. The van der Waals surface area contributed by atoms with Crippen LogP contribution in [0.3, 0.4) is 0 Å². The summed E-state index contributed by atoms with van der Waals surface area (Å²) in [4.78, 5) is 14.6. The van der Waals surface area contributed by atoms with E-state index in [2.05, 4.69) is 28.7 Å². The van der Waals surface area contributed by atoms with Crippen molar-refractivity contribution in [3.63, 3.8) is 0 Å². The molecule has 1 N–H and O–H groups in total. The molecule has 0 saturated carbocycles. The molecule has 5 nitrogen and oxygen atoms in total. The van der Waals surface area contributed by atoms with E-state index in [0.717, 1.165) is 36.5 Å². The van der Waals surface area contributed by atoms with E-state index in [4.69, 9.17) is 15.0 Å². The summed E-state index contributed by atoms with van der Waals surface area (Å²) in [6.07, 6.45) is 0. The van der Waals surface area contributed by atoms with Crippen molar-refractivity contribution in [1.82, 2.24) is 19.5 Å². The highest BCUT2D eigenvalue weighted by atomic mass is 127. The van der Waals surface area contributed by atoms with Gasteiger partial charge in [0.15, 0.2) is 11.6 Å². The van der Waals surface area contributed by atoms with E-state index in [9.17, 15) is 5.11 Å². The summed E-state index contributed by atoms with van der Waals surface area (Å²) < 4.78 is 2.80. The molecule has 6 rings (SSSR count). The number of aromatic hydroxyl groups is 1. The molecule has 0 atom stereocenters. The van der Waals surface area contributed by atoms with E-state index in [0.29, 0.717) is 17.6 Å². The Kier molecular flexibility index (Phi) is 4.80. The summed E-state index contributed by atoms with van der Waals surface area (Å²) >= 11 is 2.15. The van der Waals surface area contributed by atoms with E-state index >= 15 is 0 Å². The Morgan fingerprint density at radius 1 is 0.606 bits per heavy atom. The maximum absolute atomic E-state index is 10.5. The molecule has 0 aliphatic carbocycles. The Hall–Kier alpha value is -3.78. The molecule has 0 unspecified atom stereocenters. The fourth-order valence-corrected chi connectivity index (χ4v) is 4.56. The van der Waals surface area contributed by atoms with Crippen LogP contribution >= 0.6 is 22.6 Å². The predicted molar refractivity (Wildman–Crippen MR) is 139 cm³/mol. The minimum Gasteiger partial charge on any atom is -0.507 e. The van der Waals surface area contributed by atoms with Gasteiger partial charge in [-0.25, -0.2) is 4.98 Å². The standard InChI is InChI=1S/C27H17IN4O/c28-21-15-20-19-13-7-8-14-22(19)32(23(20)16-24(21)33)27-30-25(17-9-3-1-4-10-17)29-26(31-27)18-11-5-2-6-12-18/h1-16,33H. The molecular weight excluding hydrogens is 523 g/mol. The Balaban J connectivity index is 1.71. The highest BCUT2D eigenvalue weighted by molar-refractivity contribution is 14.1. The number of fused-ring (bicyclic) bond motifs is 3. The Morgan fingerprint density at radius 2 is 1.18 bits per heavy atom. The fraction of sp³-hybridized carbons (Fsp3) is 0. The molecule has 0 saturated heterocycles. The number of rotatable bonds is 3. The van der Waals surface area contributed by atoms with Gasteiger partial charge < -0.3 is 5.11 Å². The lowest BCUT2D eigenvalue weighted by Gasteiger charge is -2.11. The number of phenolic OH excluding ortho intramolecular Hbond substituents is 1. The highest BCUT2D eigenvalue weighted by Gasteiger charge is 2.18. The van der Waals surface area contributed by atoms with Crippen molar-refractivity contribution in [1.29, 1.82) is 0 Å². The predicted octanol–water partition coefficient (Wildman–Crippen LogP) is 6.61. The average Bonchev–Trinajstić information content (AvgIpc) is 3.18. The quantitative estimate of drug-likeness (QED) is 0.257. The molecule has 0 aliphatic rings. The van der Waals surface area contributed by atoms with Gasteiger partial charge in [-0.2, -0.15) is 9.97 Å². The van der Waals surface area contributed by atoms with Gasteiger partial charge in [-0.1, -0.05) is 78.9 Å². The van der Waals surface area contributed by atoms with E-state index in [1.54, 1.807) is 6.07 Å². The molecule has 6 aromatic rings. The Morgan fingerprint density at radius 3 is 1.82 bits per heavy atom. The summed E-state index contributed by atoms with van der Waals surface area (Å²) in [6.45, 7) is 0. The number of aromatic nitrogens is 4. The van der Waals surface area contributed by atoms with Crippen molar-refractivity contribution in [2.75, 3.05) is 0 Å². The van der Waals surface area contributed by atoms with Crippen LogP contribution in [-0.4, -0.2) is 24.6 Å². The van der Waals surface area contributed by atoms with Crippen LogP contribution in [0.1, 0.15) is 0 Å². The van der Waals surface area contributed by atoms with Crippen LogP contribution in [0.15, 0.2) is 97.1 Å². The normalized spacial score (nSPS) is 11.3. The topological polar surface area (TPSA) is 63.8 Å². The smallest absolute Gasteiger partial charge is 0.238 e. The zero-order valence-corrected chi connectivity index (χ0v) is 19.5. The van der Waals surface area contributed by atoms with Gasteiger partial charge in [0.05, 0.1) is 14.6 Å². The largest absolute Gasteiger partial charge is 0.507 e. The SMILES string of the molecule is Oc1cc2c(cc1I)c1ccccc1n2-c1nc(-c2ccccc2)nc(-c2ccccc2)n1. The summed E-state index contributed by atoms with van der Waals surface area (Å²) in [5.74, 6) is 1.93. The van der Waals surface area contributed by atoms with E-state index < -0.39 is 0 Å². The number of hydrogen-bond donors (Lipinski definition) is 1. The second kappa shape index (κ2) is 7.97. The van der Waals surface area contributed by atoms with Gasteiger partial charge in [0.25, 0.3) is 0 Å². The van der Waals surface area contributed by atoms with Gasteiger partial charge in [-0.15, -0.1) is 0 Å². The second-order valence-electron chi connectivity index (χ2n) is 7.69. The van der Waals surface area contributed by atoms with Crippen molar-refractivity contribution in [3.8, 4) is 34.5 Å². The van der Waals surface area contributed by atoms with Crippen LogP contribution < -0.4 is 0 Å². The van der Waals surface area contributed by atoms with E-state index in [1.807, 2.05) is 89.5 Å². The molecular formula is C27H17IN4O. The Bertz CT molecular complexity index is 1570. The molecule has 6 heteroatoms. The maximum Gasteiger partial charge on any atom is 0.238 e. The average molecular weight is 540 g/mol. The molecule has 0 aliphatic heterocycles. The molecule has 0 amide bonds. The fourth-order valence-electron chi connectivity index (χ4n) is 4.09. The van der Waals surface area contributed by atoms with Gasteiger partial charge in [0.2, 0.25) is 5.95 Å². The lowest BCUT2D eigenvalue weighted by atomic mass is 10.1. The van der Waals surface area contributed by atoms with Crippen LogP contribution in [0.5, 0.6) is 5.75 Å². The number of phenols is 1.